The molecule has 132 valence electrons. The molecule has 7 heteroatoms. The van der Waals surface area contributed by atoms with Gasteiger partial charge in [0.25, 0.3) is 0 Å². The van der Waals surface area contributed by atoms with Gasteiger partial charge in [-0.2, -0.15) is 0 Å². The number of carbonyl (C=O) groups is 1. The molecule has 0 aliphatic carbocycles. The van der Waals surface area contributed by atoms with Crippen molar-refractivity contribution in [3.63, 3.8) is 0 Å². The highest BCUT2D eigenvalue weighted by atomic mass is 35.5. The van der Waals surface area contributed by atoms with E-state index in [1.807, 2.05) is 37.3 Å². The molecule has 26 heavy (non-hydrogen) atoms. The van der Waals surface area contributed by atoms with Gasteiger partial charge in [0.05, 0.1) is 11.9 Å². The largest absolute Gasteiger partial charge is 0.420 e. The number of anilines is 1. The van der Waals surface area contributed by atoms with E-state index in [0.29, 0.717) is 10.7 Å². The first-order valence-corrected chi connectivity index (χ1v) is 8.50. The molecular weight excluding hydrogens is 373 g/mol. The summed E-state index contributed by atoms with van der Waals surface area (Å²) in [6, 6.07) is 12.7. The van der Waals surface area contributed by atoms with Crippen molar-refractivity contribution >= 4 is 35.0 Å². The number of amides is 1. The normalized spacial score (nSPS) is 10.5. The molecule has 0 saturated heterocycles. The Morgan fingerprint density at radius 3 is 2.62 bits per heavy atom. The number of hydrogen-bond acceptors (Lipinski definition) is 4. The van der Waals surface area contributed by atoms with Crippen LogP contribution in [0.3, 0.4) is 0 Å². The van der Waals surface area contributed by atoms with E-state index in [4.69, 9.17) is 27.9 Å². The van der Waals surface area contributed by atoms with Gasteiger partial charge in [-0.05, 0) is 30.2 Å². The van der Waals surface area contributed by atoms with Crippen LogP contribution in [0.5, 0.6) is 5.88 Å². The van der Waals surface area contributed by atoms with Crippen molar-refractivity contribution in [1.82, 2.24) is 9.97 Å². The van der Waals surface area contributed by atoms with Crippen molar-refractivity contribution in [3.05, 3.63) is 70.6 Å². The Morgan fingerprint density at radius 2 is 1.88 bits per heavy atom. The zero-order chi connectivity index (χ0) is 18.7. The number of rotatable bonds is 3. The summed E-state index contributed by atoms with van der Waals surface area (Å²) in [5.41, 5.74) is 3.58. The van der Waals surface area contributed by atoms with Crippen LogP contribution in [0.15, 0.2) is 54.9 Å². The molecule has 3 aromatic rings. The summed E-state index contributed by atoms with van der Waals surface area (Å²) in [4.78, 5) is 22.0. The number of halogens is 2. The number of carbonyl (C=O) groups excluding carboxylic acids is 1. The maximum absolute atomic E-state index is 12.6. The van der Waals surface area contributed by atoms with Gasteiger partial charge in [0.15, 0.2) is 0 Å². The van der Waals surface area contributed by atoms with Gasteiger partial charge < -0.3 is 4.74 Å². The van der Waals surface area contributed by atoms with Gasteiger partial charge in [-0.15, -0.1) is 0 Å². The quantitative estimate of drug-likeness (QED) is 0.565. The summed E-state index contributed by atoms with van der Waals surface area (Å²) < 4.78 is 5.29. The Morgan fingerprint density at radius 1 is 1.12 bits per heavy atom. The molecule has 0 aliphatic rings. The van der Waals surface area contributed by atoms with Crippen molar-refractivity contribution in [3.8, 4) is 17.0 Å². The molecule has 1 aromatic carbocycles. The number of ether oxygens (including phenoxy) is 1. The minimum Gasteiger partial charge on any atom is -0.391 e. The standard InChI is InChI=1S/C19H15Cl2N3O2/c1-12-5-3-4-6-14(12)15-7-8-22-11-16(15)24(2)19(25)26-18-10-13(20)9-17(21)23-18/h3-11H,1-2H3. The fraction of sp³-hybridized carbons (Fsp3) is 0.105. The number of pyridine rings is 2. The van der Waals surface area contributed by atoms with E-state index < -0.39 is 6.09 Å². The first-order chi connectivity index (χ1) is 12.5. The molecule has 0 spiro atoms. The number of hydrogen-bond donors (Lipinski definition) is 0. The summed E-state index contributed by atoms with van der Waals surface area (Å²) in [5.74, 6) is 0.0284. The van der Waals surface area contributed by atoms with Crippen molar-refractivity contribution in [2.24, 2.45) is 0 Å². The van der Waals surface area contributed by atoms with Crippen LogP contribution in [-0.2, 0) is 0 Å². The second-order valence-electron chi connectivity index (χ2n) is 5.58. The van der Waals surface area contributed by atoms with E-state index in [9.17, 15) is 4.79 Å². The molecule has 0 fully saturated rings. The van der Waals surface area contributed by atoms with Crippen molar-refractivity contribution in [2.75, 3.05) is 11.9 Å². The average molecular weight is 388 g/mol. The summed E-state index contributed by atoms with van der Waals surface area (Å²) in [7, 11) is 1.60. The van der Waals surface area contributed by atoms with Crippen LogP contribution in [0.2, 0.25) is 10.2 Å². The van der Waals surface area contributed by atoms with Crippen LogP contribution in [-0.4, -0.2) is 23.1 Å². The Bertz CT molecular complexity index is 943. The Hall–Kier alpha value is -2.63. The molecule has 1 amide bonds. The van der Waals surface area contributed by atoms with Crippen LogP contribution in [0.25, 0.3) is 11.1 Å². The molecular formula is C19H15Cl2N3O2. The van der Waals surface area contributed by atoms with E-state index in [0.717, 1.165) is 16.7 Å². The lowest BCUT2D eigenvalue weighted by Gasteiger charge is -2.20. The second-order valence-corrected chi connectivity index (χ2v) is 6.40. The molecule has 0 unspecified atom stereocenters. The summed E-state index contributed by atoms with van der Waals surface area (Å²) >= 11 is 11.8. The molecule has 5 nitrogen and oxygen atoms in total. The minimum atomic E-state index is -0.626. The van der Waals surface area contributed by atoms with Gasteiger partial charge in [0.2, 0.25) is 5.88 Å². The molecule has 2 heterocycles. The van der Waals surface area contributed by atoms with Crippen LogP contribution in [0.4, 0.5) is 10.5 Å². The highest BCUT2D eigenvalue weighted by molar-refractivity contribution is 6.34. The summed E-state index contributed by atoms with van der Waals surface area (Å²) in [5, 5.41) is 0.474. The number of nitrogens with zero attached hydrogens (tertiary/aromatic N) is 3. The van der Waals surface area contributed by atoms with Gasteiger partial charge in [-0.25, -0.2) is 9.78 Å². The zero-order valence-corrected chi connectivity index (χ0v) is 15.6. The molecule has 0 atom stereocenters. The molecule has 0 radical (unpaired) electrons. The lowest BCUT2D eigenvalue weighted by atomic mass is 10.00. The van der Waals surface area contributed by atoms with Gasteiger partial charge in [0, 0.05) is 29.9 Å². The highest BCUT2D eigenvalue weighted by Gasteiger charge is 2.19. The SMILES string of the molecule is Cc1ccccc1-c1ccncc1N(C)C(=O)Oc1cc(Cl)cc(Cl)n1. The number of aryl methyl sites for hydroxylation is 1. The number of aromatic nitrogens is 2. The van der Waals surface area contributed by atoms with E-state index >= 15 is 0 Å². The van der Waals surface area contributed by atoms with Crippen molar-refractivity contribution in [2.45, 2.75) is 6.92 Å². The Labute approximate surface area is 161 Å². The van der Waals surface area contributed by atoms with Gasteiger partial charge in [0.1, 0.15) is 5.15 Å². The molecule has 0 N–H and O–H groups in total. The summed E-state index contributed by atoms with van der Waals surface area (Å²) in [6.45, 7) is 2.01. The predicted molar refractivity (Wildman–Crippen MR) is 103 cm³/mol. The maximum Gasteiger partial charge on any atom is 0.420 e. The van der Waals surface area contributed by atoms with E-state index in [2.05, 4.69) is 9.97 Å². The molecule has 0 saturated carbocycles. The predicted octanol–water partition coefficient (Wildman–Crippen LogP) is 5.39. The number of benzene rings is 1. The second kappa shape index (κ2) is 7.72. The smallest absolute Gasteiger partial charge is 0.391 e. The third-order valence-electron chi connectivity index (χ3n) is 3.80. The molecule has 0 bridgehead atoms. The molecule has 0 aliphatic heterocycles. The third kappa shape index (κ3) is 3.95. The lowest BCUT2D eigenvalue weighted by Crippen LogP contribution is -2.30. The van der Waals surface area contributed by atoms with Crippen LogP contribution < -0.4 is 9.64 Å². The highest BCUT2D eigenvalue weighted by Crippen LogP contribution is 2.32. The van der Waals surface area contributed by atoms with Gasteiger partial charge in [-0.3, -0.25) is 9.88 Å². The van der Waals surface area contributed by atoms with Crippen LogP contribution in [0, 0.1) is 6.92 Å². The Balaban J connectivity index is 1.92. The monoisotopic (exact) mass is 387 g/mol. The molecule has 3 rings (SSSR count). The molecule has 2 aromatic heterocycles. The third-order valence-corrected chi connectivity index (χ3v) is 4.21. The van der Waals surface area contributed by atoms with E-state index in [1.54, 1.807) is 19.4 Å². The first-order valence-electron chi connectivity index (χ1n) is 7.74. The van der Waals surface area contributed by atoms with Gasteiger partial charge in [-0.1, -0.05) is 47.5 Å². The topological polar surface area (TPSA) is 55.3 Å². The fourth-order valence-corrected chi connectivity index (χ4v) is 2.96. The first kappa shape index (κ1) is 18.2. The van der Waals surface area contributed by atoms with Crippen LogP contribution in [0.1, 0.15) is 5.56 Å². The van der Waals surface area contributed by atoms with Crippen LogP contribution >= 0.6 is 23.2 Å². The fourth-order valence-electron chi connectivity index (χ4n) is 2.51. The minimum absolute atomic E-state index is 0.0284. The van der Waals surface area contributed by atoms with E-state index in [1.165, 1.54) is 17.0 Å². The average Bonchev–Trinajstić information content (AvgIpc) is 2.60. The van der Waals surface area contributed by atoms with Crippen molar-refractivity contribution in [1.29, 1.82) is 0 Å². The van der Waals surface area contributed by atoms with E-state index in [-0.39, 0.29) is 11.0 Å². The van der Waals surface area contributed by atoms with Crippen molar-refractivity contribution < 1.29 is 9.53 Å². The summed E-state index contributed by atoms with van der Waals surface area (Å²) in [6.07, 6.45) is 2.67. The Kier molecular flexibility index (Phi) is 5.40. The maximum atomic E-state index is 12.6. The van der Waals surface area contributed by atoms with Gasteiger partial charge >= 0.3 is 6.09 Å². The lowest BCUT2D eigenvalue weighted by molar-refractivity contribution is 0.207. The zero-order valence-electron chi connectivity index (χ0n) is 14.1.